The number of carbonyl (C=O) groups is 2. The molecule has 98 valence electrons. The molecule has 0 spiro atoms. The second kappa shape index (κ2) is 5.81. The van der Waals surface area contributed by atoms with Gasteiger partial charge in [0, 0.05) is 32.4 Å². The second-order valence-electron chi connectivity index (χ2n) is 3.85. The highest BCUT2D eigenvalue weighted by Gasteiger charge is 2.25. The maximum Gasteiger partial charge on any atom is 0.409 e. The van der Waals surface area contributed by atoms with Crippen LogP contribution in [0.1, 0.15) is 16.6 Å². The molecule has 1 aliphatic rings. The van der Waals surface area contributed by atoms with Crippen molar-refractivity contribution in [2.24, 2.45) is 0 Å². The molecular formula is C11H15N3O3S. The van der Waals surface area contributed by atoms with E-state index in [0.29, 0.717) is 37.7 Å². The second-order valence-corrected chi connectivity index (χ2v) is 4.69. The molecule has 2 amide bonds. The first kappa shape index (κ1) is 12.8. The first-order chi connectivity index (χ1) is 8.72. The van der Waals surface area contributed by atoms with Gasteiger partial charge in [0.15, 0.2) is 0 Å². The summed E-state index contributed by atoms with van der Waals surface area (Å²) in [6, 6.07) is 1.71. The molecule has 0 saturated carbocycles. The van der Waals surface area contributed by atoms with Gasteiger partial charge in [0.1, 0.15) is 4.88 Å². The summed E-state index contributed by atoms with van der Waals surface area (Å²) in [4.78, 5) is 27.5. The van der Waals surface area contributed by atoms with Crippen LogP contribution in [0.15, 0.2) is 12.3 Å². The highest BCUT2D eigenvalue weighted by Crippen LogP contribution is 2.12. The molecule has 0 radical (unpaired) electrons. The lowest BCUT2D eigenvalue weighted by Crippen LogP contribution is -2.50. The van der Waals surface area contributed by atoms with Crippen molar-refractivity contribution < 1.29 is 14.3 Å². The Hall–Kier alpha value is -1.63. The summed E-state index contributed by atoms with van der Waals surface area (Å²) in [5.41, 5.74) is 0. The quantitative estimate of drug-likeness (QED) is 0.805. The highest BCUT2D eigenvalue weighted by atomic mass is 32.1. The maximum absolute atomic E-state index is 12.0. The molecule has 1 aromatic heterocycles. The van der Waals surface area contributed by atoms with E-state index >= 15 is 0 Å². The Kier molecular flexibility index (Phi) is 4.14. The third-order valence-electron chi connectivity index (χ3n) is 2.74. The van der Waals surface area contributed by atoms with E-state index in [1.54, 1.807) is 29.0 Å². The minimum atomic E-state index is -0.303. The van der Waals surface area contributed by atoms with Crippen LogP contribution in [0.3, 0.4) is 0 Å². The number of amides is 2. The summed E-state index contributed by atoms with van der Waals surface area (Å²) in [5, 5.41) is 0. The normalized spacial score (nSPS) is 15.6. The first-order valence-electron chi connectivity index (χ1n) is 5.84. The molecule has 7 heteroatoms. The van der Waals surface area contributed by atoms with Crippen molar-refractivity contribution in [1.29, 1.82) is 0 Å². The van der Waals surface area contributed by atoms with Crippen molar-refractivity contribution in [3.05, 3.63) is 17.1 Å². The molecule has 2 heterocycles. The van der Waals surface area contributed by atoms with Crippen LogP contribution in [0.25, 0.3) is 0 Å². The van der Waals surface area contributed by atoms with Crippen molar-refractivity contribution in [3.63, 3.8) is 0 Å². The topological polar surface area (TPSA) is 62.7 Å². The number of rotatable bonds is 2. The minimum Gasteiger partial charge on any atom is -0.450 e. The summed E-state index contributed by atoms with van der Waals surface area (Å²) < 4.78 is 8.84. The van der Waals surface area contributed by atoms with Gasteiger partial charge >= 0.3 is 6.09 Å². The van der Waals surface area contributed by atoms with Crippen molar-refractivity contribution in [2.45, 2.75) is 6.92 Å². The zero-order valence-electron chi connectivity index (χ0n) is 10.2. The summed E-state index contributed by atoms with van der Waals surface area (Å²) in [7, 11) is 0. The predicted molar refractivity (Wildman–Crippen MR) is 66.6 cm³/mol. The SMILES string of the molecule is CCOC(=O)N1CCN(C(=O)c2ccns2)CC1. The van der Waals surface area contributed by atoms with Crippen LogP contribution in [0.4, 0.5) is 4.79 Å². The molecule has 0 N–H and O–H groups in total. The summed E-state index contributed by atoms with van der Waals surface area (Å²) in [6.45, 7) is 4.26. The van der Waals surface area contributed by atoms with Crippen LogP contribution in [0.5, 0.6) is 0 Å². The maximum atomic E-state index is 12.0. The molecule has 1 fully saturated rings. The number of aromatic nitrogens is 1. The van der Waals surface area contributed by atoms with Gasteiger partial charge in [0.2, 0.25) is 0 Å². The average molecular weight is 269 g/mol. The van der Waals surface area contributed by atoms with Crippen molar-refractivity contribution in [3.8, 4) is 0 Å². The lowest BCUT2D eigenvalue weighted by molar-refractivity contribution is 0.0574. The lowest BCUT2D eigenvalue weighted by Gasteiger charge is -2.33. The van der Waals surface area contributed by atoms with E-state index in [0.717, 1.165) is 0 Å². The Morgan fingerprint density at radius 1 is 1.33 bits per heavy atom. The third-order valence-corrected chi connectivity index (χ3v) is 3.48. The van der Waals surface area contributed by atoms with E-state index in [1.165, 1.54) is 11.5 Å². The number of hydrogen-bond donors (Lipinski definition) is 0. The van der Waals surface area contributed by atoms with Gasteiger partial charge in [-0.25, -0.2) is 9.17 Å². The van der Waals surface area contributed by atoms with Crippen molar-refractivity contribution in [2.75, 3.05) is 32.8 Å². The summed E-state index contributed by atoms with van der Waals surface area (Å²) in [5.74, 6) is -0.0130. The molecule has 1 saturated heterocycles. The molecule has 1 aromatic rings. The smallest absolute Gasteiger partial charge is 0.409 e. The Bertz CT molecular complexity index is 413. The van der Waals surface area contributed by atoms with Crippen LogP contribution in [-0.2, 0) is 4.74 Å². The number of nitrogens with zero attached hydrogens (tertiary/aromatic N) is 3. The highest BCUT2D eigenvalue weighted by molar-refractivity contribution is 7.08. The molecule has 0 aromatic carbocycles. The fraction of sp³-hybridized carbons (Fsp3) is 0.545. The van der Waals surface area contributed by atoms with E-state index in [4.69, 9.17) is 4.74 Å². The van der Waals surface area contributed by atoms with Crippen LogP contribution >= 0.6 is 11.5 Å². The van der Waals surface area contributed by atoms with Gasteiger partial charge in [-0.1, -0.05) is 0 Å². The Balaban J connectivity index is 1.87. The van der Waals surface area contributed by atoms with Crippen molar-refractivity contribution in [1.82, 2.24) is 14.2 Å². The number of piperazine rings is 1. The van der Waals surface area contributed by atoms with Gasteiger partial charge in [-0.2, -0.15) is 0 Å². The Labute approximate surface area is 109 Å². The number of hydrogen-bond acceptors (Lipinski definition) is 5. The van der Waals surface area contributed by atoms with Gasteiger partial charge in [-0.3, -0.25) is 4.79 Å². The Morgan fingerprint density at radius 2 is 2.00 bits per heavy atom. The monoisotopic (exact) mass is 269 g/mol. The predicted octanol–water partition coefficient (Wildman–Crippen LogP) is 1.06. The molecule has 6 nitrogen and oxygen atoms in total. The van der Waals surface area contributed by atoms with E-state index < -0.39 is 0 Å². The number of ether oxygens (including phenoxy) is 1. The van der Waals surface area contributed by atoms with Crippen LogP contribution in [0.2, 0.25) is 0 Å². The standard InChI is InChI=1S/C11H15N3O3S/c1-2-17-11(16)14-7-5-13(6-8-14)10(15)9-3-4-12-18-9/h3-4H,2,5-8H2,1H3. The zero-order valence-corrected chi connectivity index (χ0v) is 11.0. The van der Waals surface area contributed by atoms with Gasteiger partial charge in [-0.15, -0.1) is 0 Å². The van der Waals surface area contributed by atoms with Crippen LogP contribution in [-0.4, -0.2) is 59.0 Å². The van der Waals surface area contributed by atoms with Gasteiger partial charge in [-0.05, 0) is 24.5 Å². The Morgan fingerprint density at radius 3 is 2.56 bits per heavy atom. The van der Waals surface area contributed by atoms with E-state index in [-0.39, 0.29) is 12.0 Å². The summed E-state index contributed by atoms with van der Waals surface area (Å²) in [6.07, 6.45) is 1.31. The van der Waals surface area contributed by atoms with Crippen molar-refractivity contribution >= 4 is 23.5 Å². The lowest BCUT2D eigenvalue weighted by atomic mass is 10.3. The zero-order chi connectivity index (χ0) is 13.0. The average Bonchev–Trinajstić information content (AvgIpc) is 2.92. The molecule has 18 heavy (non-hydrogen) atoms. The molecular weight excluding hydrogens is 254 g/mol. The van der Waals surface area contributed by atoms with Gasteiger partial charge in [0.25, 0.3) is 5.91 Å². The van der Waals surface area contributed by atoms with Gasteiger partial charge < -0.3 is 14.5 Å². The molecule has 0 atom stereocenters. The molecule has 0 aliphatic carbocycles. The molecule has 2 rings (SSSR count). The number of carbonyl (C=O) groups excluding carboxylic acids is 2. The molecule has 0 unspecified atom stereocenters. The molecule has 1 aliphatic heterocycles. The molecule has 0 bridgehead atoms. The van der Waals surface area contributed by atoms with E-state index in [9.17, 15) is 9.59 Å². The first-order valence-corrected chi connectivity index (χ1v) is 6.61. The minimum absolute atomic E-state index is 0.0130. The van der Waals surface area contributed by atoms with Crippen LogP contribution < -0.4 is 0 Å². The van der Waals surface area contributed by atoms with Gasteiger partial charge in [0.05, 0.1) is 6.61 Å². The fourth-order valence-corrected chi connectivity index (χ4v) is 2.35. The largest absolute Gasteiger partial charge is 0.450 e. The summed E-state index contributed by atoms with van der Waals surface area (Å²) >= 11 is 1.19. The van der Waals surface area contributed by atoms with Crippen LogP contribution in [0, 0.1) is 0 Å². The third kappa shape index (κ3) is 2.79. The van der Waals surface area contributed by atoms with E-state index in [2.05, 4.69) is 4.37 Å². The fourth-order valence-electron chi connectivity index (χ4n) is 1.79. The van der Waals surface area contributed by atoms with E-state index in [1.807, 2.05) is 0 Å².